The maximum absolute atomic E-state index is 13.1. The number of ether oxygens (including phenoxy) is 1. The minimum atomic E-state index is -0.345. The summed E-state index contributed by atoms with van der Waals surface area (Å²) >= 11 is 3.96. The van der Waals surface area contributed by atoms with Crippen molar-refractivity contribution in [3.05, 3.63) is 0 Å². The summed E-state index contributed by atoms with van der Waals surface area (Å²) in [6, 6.07) is 0.310. The van der Waals surface area contributed by atoms with Gasteiger partial charge in [-0.15, -0.1) is 0 Å². The van der Waals surface area contributed by atoms with Crippen LogP contribution in [0.4, 0.5) is 0 Å². The van der Waals surface area contributed by atoms with Crippen molar-refractivity contribution in [2.24, 2.45) is 28.1 Å². The van der Waals surface area contributed by atoms with Gasteiger partial charge in [0.25, 0.3) is 5.91 Å². The predicted molar refractivity (Wildman–Crippen MR) is 111 cm³/mol. The number of nitrogens with zero attached hydrogens (tertiary/aromatic N) is 1. The molecule has 4 nitrogen and oxygen atoms in total. The Hall–Kier alpha value is -0.580. The highest BCUT2D eigenvalue weighted by molar-refractivity contribution is 9.10. The fourth-order valence-electron chi connectivity index (χ4n) is 8.50. The minimum absolute atomic E-state index is 0.0121. The second-order valence-corrected chi connectivity index (χ2v) is 13.9. The van der Waals surface area contributed by atoms with Crippen LogP contribution in [0.15, 0.2) is 0 Å². The van der Waals surface area contributed by atoms with Crippen LogP contribution in [0.25, 0.3) is 0 Å². The molecule has 5 aliphatic carbocycles. The predicted octanol–water partition coefficient (Wildman–Crippen LogP) is 4.69. The molecule has 0 aromatic carbocycles. The summed E-state index contributed by atoms with van der Waals surface area (Å²) in [5, 5.41) is 0. The lowest BCUT2D eigenvalue weighted by molar-refractivity contribution is -0.172. The third-order valence-electron chi connectivity index (χ3n) is 8.48. The Morgan fingerprint density at radius 1 is 1.00 bits per heavy atom. The van der Waals surface area contributed by atoms with Gasteiger partial charge in [0.15, 0.2) is 6.61 Å². The van der Waals surface area contributed by atoms with Gasteiger partial charge in [-0.2, -0.15) is 0 Å². The van der Waals surface area contributed by atoms with Crippen LogP contribution in [0.3, 0.4) is 0 Å². The summed E-state index contributed by atoms with van der Waals surface area (Å²) in [5.74, 6) is 1.19. The van der Waals surface area contributed by atoms with Gasteiger partial charge >= 0.3 is 5.97 Å². The highest BCUT2D eigenvalue weighted by Crippen LogP contribution is 2.64. The first kappa shape index (κ1) is 19.4. The first-order valence-electron chi connectivity index (χ1n) is 11.1. The number of likely N-dealkylation sites (tertiary alicyclic amines) is 1. The number of hydrogen-bond donors (Lipinski definition) is 0. The summed E-state index contributed by atoms with van der Waals surface area (Å²) in [6.45, 7) is 7.68. The largest absolute Gasteiger partial charge is 0.455 e. The van der Waals surface area contributed by atoms with Crippen LogP contribution < -0.4 is 0 Å². The third kappa shape index (κ3) is 3.15. The van der Waals surface area contributed by atoms with Gasteiger partial charge in [0.1, 0.15) is 0 Å². The van der Waals surface area contributed by atoms with E-state index in [1.165, 1.54) is 25.7 Å². The third-order valence-corrected chi connectivity index (χ3v) is 9.41. The number of fused-ring (bicyclic) bond motifs is 2. The summed E-state index contributed by atoms with van der Waals surface area (Å²) < 4.78 is 5.86. The van der Waals surface area contributed by atoms with E-state index in [4.69, 9.17) is 4.74 Å². The van der Waals surface area contributed by atoms with Crippen molar-refractivity contribution in [1.29, 1.82) is 0 Å². The normalized spacial score (nSPS) is 48.0. The number of halogens is 1. The van der Waals surface area contributed by atoms with E-state index in [0.717, 1.165) is 38.6 Å². The monoisotopic (exact) mass is 451 g/mol. The van der Waals surface area contributed by atoms with Gasteiger partial charge < -0.3 is 9.64 Å². The second kappa shape index (κ2) is 5.98. The summed E-state index contributed by atoms with van der Waals surface area (Å²) in [7, 11) is 0. The summed E-state index contributed by atoms with van der Waals surface area (Å²) in [6.07, 6.45) is 9.79. The second-order valence-electron chi connectivity index (χ2n) is 12.2. The first-order chi connectivity index (χ1) is 13.0. The highest BCUT2D eigenvalue weighted by atomic mass is 79.9. The van der Waals surface area contributed by atoms with Gasteiger partial charge in [-0.1, -0.05) is 36.7 Å². The number of amides is 1. The fraction of sp³-hybridized carbons (Fsp3) is 0.913. The summed E-state index contributed by atoms with van der Waals surface area (Å²) in [5.41, 5.74) is 0.157. The Morgan fingerprint density at radius 3 is 2.32 bits per heavy atom. The Balaban J connectivity index is 1.24. The van der Waals surface area contributed by atoms with Crippen molar-refractivity contribution >= 4 is 27.8 Å². The zero-order valence-corrected chi connectivity index (χ0v) is 19.1. The molecule has 0 N–H and O–H groups in total. The minimum Gasteiger partial charge on any atom is -0.455 e. The lowest BCUT2D eigenvalue weighted by Crippen LogP contribution is -2.56. The topological polar surface area (TPSA) is 46.6 Å². The number of alkyl halides is 1. The number of esters is 1. The maximum atomic E-state index is 13.1. The van der Waals surface area contributed by atoms with Gasteiger partial charge in [-0.25, -0.2) is 0 Å². The molecule has 6 bridgehead atoms. The summed E-state index contributed by atoms with van der Waals surface area (Å²) in [4.78, 5) is 28.1. The average molecular weight is 452 g/mol. The van der Waals surface area contributed by atoms with Crippen LogP contribution in [-0.2, 0) is 14.3 Å². The molecule has 5 heteroatoms. The molecule has 0 aromatic heterocycles. The van der Waals surface area contributed by atoms with Crippen molar-refractivity contribution < 1.29 is 14.3 Å². The van der Waals surface area contributed by atoms with E-state index in [1.807, 2.05) is 4.90 Å². The van der Waals surface area contributed by atoms with E-state index in [1.54, 1.807) is 0 Å². The van der Waals surface area contributed by atoms with Crippen molar-refractivity contribution in [2.75, 3.05) is 13.2 Å². The molecular formula is C23H34BrNO3. The molecule has 156 valence electrons. The number of rotatable bonds is 3. The standard InChI is InChI=1S/C23H34BrNO3/c1-20(2)9-17-10-21(3,12-20)14-25(17)18(26)11-28-19(27)22-5-15-4-16(6-22)8-23(24,7-15)13-22/h15-17H,4-14H2,1-3H3. The van der Waals surface area contributed by atoms with Gasteiger partial charge in [-0.05, 0) is 80.5 Å². The van der Waals surface area contributed by atoms with E-state index < -0.39 is 0 Å². The molecule has 28 heavy (non-hydrogen) atoms. The van der Waals surface area contributed by atoms with Crippen molar-refractivity contribution in [3.63, 3.8) is 0 Å². The van der Waals surface area contributed by atoms with E-state index in [2.05, 4.69) is 36.7 Å². The molecule has 6 fully saturated rings. The molecule has 5 saturated carbocycles. The van der Waals surface area contributed by atoms with Crippen molar-refractivity contribution in [1.82, 2.24) is 4.90 Å². The van der Waals surface area contributed by atoms with Crippen LogP contribution in [-0.4, -0.2) is 40.3 Å². The van der Waals surface area contributed by atoms with Gasteiger partial charge in [0, 0.05) is 16.9 Å². The van der Waals surface area contributed by atoms with E-state index >= 15 is 0 Å². The van der Waals surface area contributed by atoms with Crippen LogP contribution >= 0.6 is 15.9 Å². The van der Waals surface area contributed by atoms with Gasteiger partial charge in [0.2, 0.25) is 0 Å². The number of carbonyl (C=O) groups excluding carboxylic acids is 2. The molecule has 4 atom stereocenters. The molecule has 1 aliphatic heterocycles. The Bertz CT molecular complexity index is 705. The fourth-order valence-corrected chi connectivity index (χ4v) is 9.96. The number of carbonyl (C=O) groups is 2. The average Bonchev–Trinajstić information content (AvgIpc) is 2.78. The SMILES string of the molecule is CC1(C)CC2CC(C)(CN2C(=O)COC(=O)C23CC4CC(CC(Br)(C4)C2)C3)C1. The Kier molecular flexibility index (Phi) is 4.14. The van der Waals surface area contributed by atoms with Gasteiger partial charge in [-0.3, -0.25) is 9.59 Å². The zero-order valence-electron chi connectivity index (χ0n) is 17.6. The van der Waals surface area contributed by atoms with E-state index in [9.17, 15) is 9.59 Å². The van der Waals surface area contributed by atoms with E-state index in [0.29, 0.717) is 17.9 Å². The molecule has 4 unspecified atom stereocenters. The molecule has 0 aromatic rings. The van der Waals surface area contributed by atoms with Crippen molar-refractivity contribution in [3.8, 4) is 0 Å². The van der Waals surface area contributed by atoms with Crippen LogP contribution in [0, 0.1) is 28.1 Å². The molecule has 1 amide bonds. The Morgan fingerprint density at radius 2 is 1.68 bits per heavy atom. The van der Waals surface area contributed by atoms with Crippen LogP contribution in [0.1, 0.15) is 78.6 Å². The zero-order chi connectivity index (χ0) is 19.9. The lowest BCUT2D eigenvalue weighted by atomic mass is 9.49. The molecular weight excluding hydrogens is 418 g/mol. The Labute approximate surface area is 177 Å². The van der Waals surface area contributed by atoms with Crippen LogP contribution in [0.2, 0.25) is 0 Å². The molecule has 6 aliphatic rings. The van der Waals surface area contributed by atoms with Gasteiger partial charge in [0.05, 0.1) is 5.41 Å². The van der Waals surface area contributed by atoms with Crippen LogP contribution in [0.5, 0.6) is 0 Å². The lowest BCUT2D eigenvalue weighted by Gasteiger charge is -2.58. The first-order valence-corrected chi connectivity index (χ1v) is 11.9. The quantitative estimate of drug-likeness (QED) is 0.461. The molecule has 1 heterocycles. The molecule has 0 radical (unpaired) electrons. The van der Waals surface area contributed by atoms with Crippen molar-refractivity contribution in [2.45, 2.75) is 88.9 Å². The smallest absolute Gasteiger partial charge is 0.312 e. The highest BCUT2D eigenvalue weighted by Gasteiger charge is 2.60. The molecule has 1 saturated heterocycles. The molecule has 0 spiro atoms. The van der Waals surface area contributed by atoms with E-state index in [-0.39, 0.29) is 39.1 Å². The molecule has 6 rings (SSSR count). The maximum Gasteiger partial charge on any atom is 0.312 e. The number of hydrogen-bond acceptors (Lipinski definition) is 3.